The molecular formula is C12H12FN3O. The lowest BCUT2D eigenvalue weighted by Gasteiger charge is -2.08. The van der Waals surface area contributed by atoms with Gasteiger partial charge in [-0.25, -0.2) is 4.39 Å². The number of nitrogen functional groups attached to an aromatic ring is 1. The Labute approximate surface area is 97.5 Å². The monoisotopic (exact) mass is 233 g/mol. The van der Waals surface area contributed by atoms with Gasteiger partial charge in [-0.05, 0) is 24.1 Å². The van der Waals surface area contributed by atoms with Crippen LogP contribution in [-0.2, 0) is 6.54 Å². The van der Waals surface area contributed by atoms with Crippen LogP contribution in [0.4, 0.5) is 10.1 Å². The van der Waals surface area contributed by atoms with Gasteiger partial charge in [-0.1, -0.05) is 0 Å². The molecule has 0 aliphatic carbocycles. The number of hydrogen-bond donors (Lipinski definition) is 1. The topological polar surface area (TPSA) is 60.9 Å². The number of aromatic nitrogens is 2. The molecule has 0 saturated carbocycles. The Bertz CT molecular complexity index is 607. The van der Waals surface area contributed by atoms with Crippen LogP contribution in [0.25, 0.3) is 0 Å². The molecule has 2 aromatic rings. The number of aryl methyl sites for hydroxylation is 1. The summed E-state index contributed by atoms with van der Waals surface area (Å²) in [6, 6.07) is 2.80. The van der Waals surface area contributed by atoms with Crippen LogP contribution < -0.4 is 11.3 Å². The number of anilines is 1. The predicted molar refractivity (Wildman–Crippen MR) is 63.1 cm³/mol. The predicted octanol–water partition coefficient (Wildman–Crippen LogP) is 1.32. The largest absolute Gasteiger partial charge is 0.397 e. The van der Waals surface area contributed by atoms with Crippen LogP contribution >= 0.6 is 0 Å². The summed E-state index contributed by atoms with van der Waals surface area (Å²) in [7, 11) is 0. The molecule has 5 heteroatoms. The van der Waals surface area contributed by atoms with Gasteiger partial charge < -0.3 is 10.3 Å². The first-order chi connectivity index (χ1) is 8.06. The summed E-state index contributed by atoms with van der Waals surface area (Å²) in [5, 5.41) is 0. The molecule has 0 fully saturated rings. The fraction of sp³-hybridized carbons (Fsp3) is 0.167. The third kappa shape index (κ3) is 2.50. The molecular weight excluding hydrogens is 221 g/mol. The van der Waals surface area contributed by atoms with Gasteiger partial charge >= 0.3 is 0 Å². The molecule has 0 amide bonds. The van der Waals surface area contributed by atoms with E-state index in [4.69, 9.17) is 5.73 Å². The summed E-state index contributed by atoms with van der Waals surface area (Å²) < 4.78 is 14.4. The van der Waals surface area contributed by atoms with Crippen LogP contribution in [0.3, 0.4) is 0 Å². The van der Waals surface area contributed by atoms with Gasteiger partial charge in [0.25, 0.3) is 5.56 Å². The van der Waals surface area contributed by atoms with E-state index in [-0.39, 0.29) is 12.1 Å². The highest BCUT2D eigenvalue weighted by Gasteiger charge is 2.03. The number of nitrogens with two attached hydrogens (primary N) is 1. The highest BCUT2D eigenvalue weighted by molar-refractivity contribution is 5.43. The van der Waals surface area contributed by atoms with Crippen molar-refractivity contribution in [1.29, 1.82) is 0 Å². The Morgan fingerprint density at radius 3 is 2.88 bits per heavy atom. The van der Waals surface area contributed by atoms with E-state index in [1.165, 1.54) is 22.9 Å². The molecule has 0 aliphatic rings. The van der Waals surface area contributed by atoms with Crippen molar-refractivity contribution in [2.45, 2.75) is 13.5 Å². The average molecular weight is 233 g/mol. The fourth-order valence-electron chi connectivity index (χ4n) is 1.55. The minimum atomic E-state index is -0.421. The fourth-order valence-corrected chi connectivity index (χ4v) is 1.55. The Morgan fingerprint density at radius 2 is 2.18 bits per heavy atom. The molecule has 2 N–H and O–H groups in total. The van der Waals surface area contributed by atoms with Gasteiger partial charge in [0.2, 0.25) is 0 Å². The molecule has 4 nitrogen and oxygen atoms in total. The molecule has 0 aromatic carbocycles. The zero-order valence-corrected chi connectivity index (χ0v) is 9.35. The highest BCUT2D eigenvalue weighted by Crippen LogP contribution is 2.08. The molecule has 2 heterocycles. The van der Waals surface area contributed by atoms with Crippen molar-refractivity contribution in [2.75, 3.05) is 5.73 Å². The molecule has 88 valence electrons. The zero-order chi connectivity index (χ0) is 12.4. The first-order valence-corrected chi connectivity index (χ1v) is 5.12. The molecule has 2 aromatic heterocycles. The first kappa shape index (κ1) is 11.3. The Morgan fingerprint density at radius 1 is 1.41 bits per heavy atom. The Kier molecular flexibility index (Phi) is 2.91. The van der Waals surface area contributed by atoms with Gasteiger partial charge in [0.15, 0.2) is 0 Å². The van der Waals surface area contributed by atoms with E-state index in [1.807, 2.05) is 0 Å². The second-order valence-corrected chi connectivity index (χ2v) is 3.89. The molecule has 0 spiro atoms. The maximum atomic E-state index is 12.9. The smallest absolute Gasteiger partial charge is 0.251 e. The lowest BCUT2D eigenvalue weighted by molar-refractivity contribution is 0.615. The van der Waals surface area contributed by atoms with Crippen LogP contribution in [0.15, 0.2) is 35.5 Å². The summed E-state index contributed by atoms with van der Waals surface area (Å²) in [4.78, 5) is 15.4. The van der Waals surface area contributed by atoms with Gasteiger partial charge in [-0.2, -0.15) is 0 Å². The van der Waals surface area contributed by atoms with Crippen molar-refractivity contribution in [3.63, 3.8) is 0 Å². The van der Waals surface area contributed by atoms with Crippen LogP contribution in [0.5, 0.6) is 0 Å². The van der Waals surface area contributed by atoms with Crippen molar-refractivity contribution in [3.05, 3.63) is 58.0 Å². The van der Waals surface area contributed by atoms with Gasteiger partial charge in [0.1, 0.15) is 5.82 Å². The van der Waals surface area contributed by atoms with Crippen molar-refractivity contribution < 1.29 is 4.39 Å². The van der Waals surface area contributed by atoms with Crippen molar-refractivity contribution in [2.24, 2.45) is 0 Å². The Hall–Kier alpha value is -2.17. The molecule has 2 rings (SSSR count). The molecule has 0 radical (unpaired) electrons. The number of hydrogen-bond acceptors (Lipinski definition) is 3. The lowest BCUT2D eigenvalue weighted by atomic mass is 10.2. The van der Waals surface area contributed by atoms with E-state index >= 15 is 0 Å². The third-order valence-electron chi connectivity index (χ3n) is 2.49. The van der Waals surface area contributed by atoms with Gasteiger partial charge in [-0.3, -0.25) is 9.78 Å². The summed E-state index contributed by atoms with van der Waals surface area (Å²) in [6.07, 6.45) is 4.20. The summed E-state index contributed by atoms with van der Waals surface area (Å²) in [6.45, 7) is 2.03. The summed E-state index contributed by atoms with van der Waals surface area (Å²) in [5.74, 6) is -0.421. The third-order valence-corrected chi connectivity index (χ3v) is 2.49. The molecule has 17 heavy (non-hydrogen) atoms. The van der Waals surface area contributed by atoms with Crippen LogP contribution in [0.2, 0.25) is 0 Å². The van der Waals surface area contributed by atoms with E-state index in [9.17, 15) is 9.18 Å². The van der Waals surface area contributed by atoms with Gasteiger partial charge in [0, 0.05) is 18.5 Å². The van der Waals surface area contributed by atoms with Crippen molar-refractivity contribution in [1.82, 2.24) is 9.55 Å². The molecule has 0 atom stereocenters. The maximum absolute atomic E-state index is 12.9. The lowest BCUT2D eigenvalue weighted by Crippen LogP contribution is -2.20. The van der Waals surface area contributed by atoms with E-state index in [2.05, 4.69) is 4.98 Å². The van der Waals surface area contributed by atoms with Crippen LogP contribution in [-0.4, -0.2) is 9.55 Å². The van der Waals surface area contributed by atoms with Crippen LogP contribution in [0, 0.1) is 12.7 Å². The minimum Gasteiger partial charge on any atom is -0.397 e. The molecule has 0 unspecified atom stereocenters. The van der Waals surface area contributed by atoms with Crippen molar-refractivity contribution >= 4 is 5.69 Å². The summed E-state index contributed by atoms with van der Waals surface area (Å²) in [5.41, 5.74) is 7.45. The number of rotatable bonds is 2. The van der Waals surface area contributed by atoms with E-state index in [0.29, 0.717) is 11.3 Å². The standard InChI is InChI=1S/C12H12FN3O/c1-8-2-12(17)16(7-11(8)14)6-9-3-10(13)5-15-4-9/h2-5,7H,6,14H2,1H3. The van der Waals surface area contributed by atoms with Gasteiger partial charge in [0.05, 0.1) is 18.4 Å². The van der Waals surface area contributed by atoms with E-state index in [0.717, 1.165) is 11.8 Å². The SMILES string of the molecule is Cc1cc(=O)n(Cc2cncc(F)c2)cc1N. The quantitative estimate of drug-likeness (QED) is 0.851. The second-order valence-electron chi connectivity index (χ2n) is 3.89. The van der Waals surface area contributed by atoms with E-state index < -0.39 is 5.82 Å². The molecule has 0 saturated heterocycles. The molecule has 0 aliphatic heterocycles. The number of pyridine rings is 2. The van der Waals surface area contributed by atoms with Crippen molar-refractivity contribution in [3.8, 4) is 0 Å². The molecule has 0 bridgehead atoms. The number of halogens is 1. The Balaban J connectivity index is 2.37. The number of nitrogens with zero attached hydrogens (tertiary/aromatic N) is 2. The second kappa shape index (κ2) is 4.37. The minimum absolute atomic E-state index is 0.166. The highest BCUT2D eigenvalue weighted by atomic mass is 19.1. The first-order valence-electron chi connectivity index (χ1n) is 5.12. The zero-order valence-electron chi connectivity index (χ0n) is 9.35. The average Bonchev–Trinajstić information content (AvgIpc) is 2.26. The summed E-state index contributed by atoms with van der Waals surface area (Å²) >= 11 is 0. The van der Waals surface area contributed by atoms with Crippen LogP contribution in [0.1, 0.15) is 11.1 Å². The van der Waals surface area contributed by atoms with E-state index in [1.54, 1.807) is 13.1 Å². The normalized spacial score (nSPS) is 10.5. The van der Waals surface area contributed by atoms with Gasteiger partial charge in [-0.15, -0.1) is 0 Å². The maximum Gasteiger partial charge on any atom is 0.251 e.